The van der Waals surface area contributed by atoms with Gasteiger partial charge in [-0.1, -0.05) is 0 Å². The van der Waals surface area contributed by atoms with E-state index < -0.39 is 0 Å². The molecule has 1 aliphatic rings. The largest absolute Gasteiger partial charge is 0.375 e. The first-order valence-corrected chi connectivity index (χ1v) is 8.27. The Morgan fingerprint density at radius 3 is 3.14 bits per heavy atom. The summed E-state index contributed by atoms with van der Waals surface area (Å²) in [6.07, 6.45) is 3.97. The number of carbonyl (C=O) groups excluding carboxylic acids is 1. The average molecular weight is 317 g/mol. The Morgan fingerprint density at radius 1 is 1.50 bits per heavy atom. The van der Waals surface area contributed by atoms with E-state index in [0.717, 1.165) is 16.3 Å². The van der Waals surface area contributed by atoms with Gasteiger partial charge in [-0.2, -0.15) is 0 Å². The van der Waals surface area contributed by atoms with Crippen LogP contribution in [0.25, 0.3) is 10.6 Å². The van der Waals surface area contributed by atoms with Crippen LogP contribution in [-0.2, 0) is 16.0 Å². The Kier molecular flexibility index (Phi) is 4.49. The molecule has 2 unspecified atom stereocenters. The third kappa shape index (κ3) is 3.34. The van der Waals surface area contributed by atoms with Crippen molar-refractivity contribution in [2.75, 3.05) is 13.2 Å². The lowest BCUT2D eigenvalue weighted by atomic mass is 10.2. The van der Waals surface area contributed by atoms with Gasteiger partial charge in [-0.05, 0) is 26.0 Å². The molecule has 116 valence electrons. The van der Waals surface area contributed by atoms with Crippen molar-refractivity contribution in [2.24, 2.45) is 0 Å². The first-order valence-electron chi connectivity index (χ1n) is 7.39. The Bertz CT molecular complexity index is 644. The monoisotopic (exact) mass is 317 g/mol. The highest BCUT2D eigenvalue weighted by Crippen LogP contribution is 2.23. The maximum atomic E-state index is 12.5. The summed E-state index contributed by atoms with van der Waals surface area (Å²) in [4.78, 5) is 23.1. The number of nitrogens with zero attached hydrogens (tertiary/aromatic N) is 3. The predicted octanol–water partition coefficient (Wildman–Crippen LogP) is 2.38. The minimum absolute atomic E-state index is 0.0986. The van der Waals surface area contributed by atoms with Crippen molar-refractivity contribution in [3.63, 3.8) is 0 Å². The second-order valence-corrected chi connectivity index (χ2v) is 6.46. The van der Waals surface area contributed by atoms with Gasteiger partial charge in [0.15, 0.2) is 0 Å². The van der Waals surface area contributed by atoms with E-state index in [1.807, 2.05) is 36.3 Å². The zero-order chi connectivity index (χ0) is 15.5. The smallest absolute Gasteiger partial charge is 0.229 e. The fourth-order valence-electron chi connectivity index (χ4n) is 2.52. The van der Waals surface area contributed by atoms with Crippen molar-refractivity contribution >= 4 is 17.2 Å². The molecule has 1 fully saturated rings. The molecule has 0 N–H and O–H groups in total. The summed E-state index contributed by atoms with van der Waals surface area (Å²) in [6, 6.07) is 3.99. The number of hydrogen-bond donors (Lipinski definition) is 0. The van der Waals surface area contributed by atoms with E-state index in [0.29, 0.717) is 19.6 Å². The van der Waals surface area contributed by atoms with Crippen LogP contribution in [0, 0.1) is 0 Å². The van der Waals surface area contributed by atoms with Gasteiger partial charge >= 0.3 is 0 Å². The molecule has 5 nitrogen and oxygen atoms in total. The Morgan fingerprint density at radius 2 is 2.36 bits per heavy atom. The number of thiazole rings is 1. The number of aromatic nitrogens is 2. The Balaban J connectivity index is 1.68. The lowest BCUT2D eigenvalue weighted by molar-refractivity contribution is -0.142. The lowest BCUT2D eigenvalue weighted by Crippen LogP contribution is -2.50. The van der Waals surface area contributed by atoms with Crippen LogP contribution in [-0.4, -0.2) is 46.1 Å². The van der Waals surface area contributed by atoms with Gasteiger partial charge in [0.25, 0.3) is 0 Å². The molecule has 2 aromatic heterocycles. The number of carbonyl (C=O) groups is 1. The van der Waals surface area contributed by atoms with Gasteiger partial charge in [-0.15, -0.1) is 11.3 Å². The SMILES string of the molecule is CC1CN(C(=O)Cc2csc(-c3cccnc3)n2)C(C)CO1. The van der Waals surface area contributed by atoms with Gasteiger partial charge in [-0.25, -0.2) is 4.98 Å². The van der Waals surface area contributed by atoms with Crippen molar-refractivity contribution in [1.29, 1.82) is 0 Å². The molecule has 0 aliphatic carbocycles. The zero-order valence-electron chi connectivity index (χ0n) is 12.7. The van der Waals surface area contributed by atoms with E-state index in [1.54, 1.807) is 23.7 Å². The summed E-state index contributed by atoms with van der Waals surface area (Å²) in [5.41, 5.74) is 1.81. The van der Waals surface area contributed by atoms with Gasteiger partial charge < -0.3 is 9.64 Å². The Labute approximate surface area is 134 Å². The van der Waals surface area contributed by atoms with Crippen molar-refractivity contribution in [1.82, 2.24) is 14.9 Å². The normalized spacial score (nSPS) is 21.8. The van der Waals surface area contributed by atoms with Crippen molar-refractivity contribution in [3.8, 4) is 10.6 Å². The number of ether oxygens (including phenoxy) is 1. The van der Waals surface area contributed by atoms with Gasteiger partial charge in [0, 0.05) is 29.9 Å². The van der Waals surface area contributed by atoms with Gasteiger partial charge in [-0.3, -0.25) is 9.78 Å². The summed E-state index contributed by atoms with van der Waals surface area (Å²) in [7, 11) is 0. The van der Waals surface area contributed by atoms with Crippen molar-refractivity contribution < 1.29 is 9.53 Å². The molecule has 0 aromatic carbocycles. The second kappa shape index (κ2) is 6.54. The minimum atomic E-state index is 0.0986. The highest BCUT2D eigenvalue weighted by Gasteiger charge is 2.27. The third-order valence-electron chi connectivity index (χ3n) is 3.72. The molecule has 1 amide bonds. The van der Waals surface area contributed by atoms with Crippen LogP contribution in [0.4, 0.5) is 0 Å². The highest BCUT2D eigenvalue weighted by molar-refractivity contribution is 7.13. The molecule has 3 rings (SSSR count). The first-order chi connectivity index (χ1) is 10.6. The van der Waals surface area contributed by atoms with Crippen LogP contribution in [0.1, 0.15) is 19.5 Å². The summed E-state index contributed by atoms with van der Waals surface area (Å²) < 4.78 is 5.57. The van der Waals surface area contributed by atoms with E-state index in [9.17, 15) is 4.79 Å². The van der Waals surface area contributed by atoms with E-state index in [2.05, 4.69) is 9.97 Å². The summed E-state index contributed by atoms with van der Waals surface area (Å²) >= 11 is 1.55. The molecule has 0 radical (unpaired) electrons. The quantitative estimate of drug-likeness (QED) is 0.872. The van der Waals surface area contributed by atoms with Crippen LogP contribution in [0.2, 0.25) is 0 Å². The zero-order valence-corrected chi connectivity index (χ0v) is 13.5. The molecule has 2 atom stereocenters. The second-order valence-electron chi connectivity index (χ2n) is 5.60. The Hall–Kier alpha value is -1.79. The first kappa shape index (κ1) is 15.1. The molecule has 0 spiro atoms. The van der Waals surface area contributed by atoms with Crippen LogP contribution in [0.3, 0.4) is 0 Å². The van der Waals surface area contributed by atoms with E-state index in [4.69, 9.17) is 4.74 Å². The lowest BCUT2D eigenvalue weighted by Gasteiger charge is -2.36. The number of morpholine rings is 1. The molecular weight excluding hydrogens is 298 g/mol. The number of pyridine rings is 1. The van der Waals surface area contributed by atoms with Crippen LogP contribution >= 0.6 is 11.3 Å². The summed E-state index contributed by atoms with van der Waals surface area (Å²) in [5.74, 6) is 0.116. The van der Waals surface area contributed by atoms with Crippen LogP contribution in [0.15, 0.2) is 29.9 Å². The van der Waals surface area contributed by atoms with Crippen molar-refractivity contribution in [3.05, 3.63) is 35.6 Å². The summed E-state index contributed by atoms with van der Waals surface area (Å²) in [6.45, 7) is 5.27. The maximum Gasteiger partial charge on any atom is 0.229 e. The fourth-order valence-corrected chi connectivity index (χ4v) is 3.33. The minimum Gasteiger partial charge on any atom is -0.375 e. The average Bonchev–Trinajstić information content (AvgIpc) is 2.99. The van der Waals surface area contributed by atoms with Gasteiger partial charge in [0.05, 0.1) is 30.9 Å². The van der Waals surface area contributed by atoms with Crippen molar-refractivity contribution in [2.45, 2.75) is 32.4 Å². The molecule has 1 saturated heterocycles. The van der Waals surface area contributed by atoms with E-state index in [-0.39, 0.29) is 18.1 Å². The van der Waals surface area contributed by atoms with Gasteiger partial charge in [0.2, 0.25) is 5.91 Å². The molecule has 2 aromatic rings. The fraction of sp³-hybridized carbons (Fsp3) is 0.438. The maximum absolute atomic E-state index is 12.5. The third-order valence-corrected chi connectivity index (χ3v) is 4.66. The van der Waals surface area contributed by atoms with E-state index in [1.165, 1.54) is 0 Å². The van der Waals surface area contributed by atoms with Gasteiger partial charge in [0.1, 0.15) is 5.01 Å². The number of amides is 1. The highest BCUT2D eigenvalue weighted by atomic mass is 32.1. The standard InChI is InChI=1S/C16H19N3O2S/c1-11-9-21-12(2)8-19(11)15(20)6-14-10-22-16(18-14)13-4-3-5-17-7-13/h3-5,7,10-12H,6,8-9H2,1-2H3. The number of hydrogen-bond acceptors (Lipinski definition) is 5. The molecule has 0 bridgehead atoms. The van der Waals surface area contributed by atoms with E-state index >= 15 is 0 Å². The molecule has 3 heterocycles. The molecule has 0 saturated carbocycles. The number of rotatable bonds is 3. The summed E-state index contributed by atoms with van der Waals surface area (Å²) in [5, 5.41) is 2.86. The topological polar surface area (TPSA) is 55.3 Å². The van der Waals surface area contributed by atoms with Crippen LogP contribution in [0.5, 0.6) is 0 Å². The molecular formula is C16H19N3O2S. The van der Waals surface area contributed by atoms with Crippen LogP contribution < -0.4 is 0 Å². The predicted molar refractivity (Wildman–Crippen MR) is 85.6 cm³/mol. The molecule has 6 heteroatoms. The molecule has 22 heavy (non-hydrogen) atoms. The molecule has 1 aliphatic heterocycles.